The number of aliphatic hydroxyl groups is 1. The Morgan fingerprint density at radius 3 is 2.60 bits per heavy atom. The van der Waals surface area contributed by atoms with Gasteiger partial charge in [-0.25, -0.2) is 4.98 Å². The van der Waals surface area contributed by atoms with Crippen molar-refractivity contribution in [3.05, 3.63) is 41.8 Å². The molecule has 1 aromatic heterocycles. The van der Waals surface area contributed by atoms with Crippen LogP contribution in [0.15, 0.2) is 34.7 Å². The van der Waals surface area contributed by atoms with E-state index in [9.17, 15) is 9.90 Å². The molecule has 2 aliphatic rings. The highest BCUT2D eigenvalue weighted by atomic mass is 16.4. The van der Waals surface area contributed by atoms with Crippen molar-refractivity contribution in [1.29, 1.82) is 0 Å². The average Bonchev–Trinajstić information content (AvgIpc) is 3.13. The fraction of sp³-hybridized carbons (Fsp3) is 0.500. The van der Waals surface area contributed by atoms with Gasteiger partial charge in [0.25, 0.3) is 5.91 Å². The zero-order valence-electron chi connectivity index (χ0n) is 14.7. The first kappa shape index (κ1) is 16.3. The molecule has 2 aromatic rings. The number of hydrogen-bond acceptors (Lipinski definition) is 4. The highest BCUT2D eigenvalue weighted by Crippen LogP contribution is 2.44. The molecule has 1 saturated carbocycles. The topological polar surface area (TPSA) is 66.6 Å². The lowest BCUT2D eigenvalue weighted by molar-refractivity contribution is 0.0000544. The van der Waals surface area contributed by atoms with Gasteiger partial charge in [0, 0.05) is 18.0 Å². The number of benzene rings is 1. The summed E-state index contributed by atoms with van der Waals surface area (Å²) in [7, 11) is 0. The van der Waals surface area contributed by atoms with E-state index in [0.29, 0.717) is 29.8 Å². The number of likely N-dealkylation sites (tertiary alicyclic amines) is 1. The molecule has 5 heteroatoms. The summed E-state index contributed by atoms with van der Waals surface area (Å²) in [5.41, 5.74) is 0.388. The fourth-order valence-electron chi connectivity index (χ4n) is 3.69. The lowest BCUT2D eigenvalue weighted by Crippen LogP contribution is -2.48. The van der Waals surface area contributed by atoms with Gasteiger partial charge in [0.1, 0.15) is 5.76 Å². The van der Waals surface area contributed by atoms with Crippen molar-refractivity contribution >= 4 is 5.91 Å². The molecule has 1 saturated heterocycles. The molecule has 132 valence electrons. The fourth-order valence-corrected chi connectivity index (χ4v) is 3.69. The number of oxazole rings is 1. The molecule has 1 amide bonds. The first-order chi connectivity index (χ1) is 11.9. The molecule has 0 bridgehead atoms. The minimum absolute atomic E-state index is 0.113. The summed E-state index contributed by atoms with van der Waals surface area (Å²) in [4.78, 5) is 19.5. The number of amides is 1. The van der Waals surface area contributed by atoms with E-state index in [-0.39, 0.29) is 11.9 Å². The summed E-state index contributed by atoms with van der Waals surface area (Å²) in [5, 5.41) is 10.4. The van der Waals surface area contributed by atoms with E-state index < -0.39 is 5.60 Å². The third kappa shape index (κ3) is 3.09. The predicted molar refractivity (Wildman–Crippen MR) is 94.3 cm³/mol. The van der Waals surface area contributed by atoms with Crippen LogP contribution in [-0.4, -0.2) is 39.1 Å². The molecule has 1 atom stereocenters. The normalized spacial score (nSPS) is 20.9. The SMILES string of the molecule is CC(C)(O)C1CCCN1C(=O)c1nc(-c2ccccc2)oc1C1CC1. The number of nitrogens with zero attached hydrogens (tertiary/aromatic N) is 2. The summed E-state index contributed by atoms with van der Waals surface area (Å²) >= 11 is 0. The van der Waals surface area contributed by atoms with Crippen molar-refractivity contribution < 1.29 is 14.3 Å². The molecule has 1 aliphatic carbocycles. The Morgan fingerprint density at radius 2 is 1.96 bits per heavy atom. The average molecular weight is 340 g/mol. The van der Waals surface area contributed by atoms with Gasteiger partial charge in [-0.15, -0.1) is 0 Å². The van der Waals surface area contributed by atoms with Crippen LogP contribution >= 0.6 is 0 Å². The maximum atomic E-state index is 13.2. The Bertz CT molecular complexity index is 772. The van der Waals surface area contributed by atoms with Crippen molar-refractivity contribution in [2.75, 3.05) is 6.54 Å². The molecule has 5 nitrogen and oxygen atoms in total. The highest BCUT2D eigenvalue weighted by molar-refractivity contribution is 5.94. The zero-order chi connectivity index (χ0) is 17.6. The van der Waals surface area contributed by atoms with Crippen LogP contribution < -0.4 is 0 Å². The minimum atomic E-state index is -0.919. The smallest absolute Gasteiger partial charge is 0.276 e. The van der Waals surface area contributed by atoms with Gasteiger partial charge in [0.15, 0.2) is 5.69 Å². The molecule has 25 heavy (non-hydrogen) atoms. The first-order valence-corrected chi connectivity index (χ1v) is 9.04. The van der Waals surface area contributed by atoms with Crippen LogP contribution in [-0.2, 0) is 0 Å². The largest absolute Gasteiger partial charge is 0.440 e. The molecule has 1 aliphatic heterocycles. The first-order valence-electron chi connectivity index (χ1n) is 9.04. The number of carbonyl (C=O) groups is 1. The van der Waals surface area contributed by atoms with Crippen LogP contribution in [0.3, 0.4) is 0 Å². The zero-order valence-corrected chi connectivity index (χ0v) is 14.7. The molecule has 2 heterocycles. The van der Waals surface area contributed by atoms with Crippen LogP contribution in [0.5, 0.6) is 0 Å². The third-order valence-corrected chi connectivity index (χ3v) is 5.15. The summed E-state index contributed by atoms with van der Waals surface area (Å²) in [5.74, 6) is 1.40. The minimum Gasteiger partial charge on any atom is -0.440 e. The van der Waals surface area contributed by atoms with E-state index in [1.165, 1.54) is 0 Å². The van der Waals surface area contributed by atoms with E-state index in [2.05, 4.69) is 4.98 Å². The number of rotatable bonds is 4. The molecule has 1 N–H and O–H groups in total. The molecule has 2 fully saturated rings. The van der Waals surface area contributed by atoms with Gasteiger partial charge in [0.2, 0.25) is 5.89 Å². The summed E-state index contributed by atoms with van der Waals surface area (Å²) in [6.45, 7) is 4.19. The van der Waals surface area contributed by atoms with Crippen LogP contribution in [0.2, 0.25) is 0 Å². The molecule has 1 aromatic carbocycles. The Balaban J connectivity index is 1.69. The van der Waals surface area contributed by atoms with E-state index in [0.717, 1.165) is 31.2 Å². The second kappa shape index (κ2) is 5.99. The molecule has 1 unspecified atom stereocenters. The molecule has 0 spiro atoms. The summed E-state index contributed by atoms with van der Waals surface area (Å²) < 4.78 is 6.01. The number of carbonyl (C=O) groups excluding carboxylic acids is 1. The van der Waals surface area contributed by atoms with Crippen molar-refractivity contribution in [3.63, 3.8) is 0 Å². The lowest BCUT2D eigenvalue weighted by atomic mass is 9.96. The number of aromatic nitrogens is 1. The van der Waals surface area contributed by atoms with Gasteiger partial charge < -0.3 is 14.4 Å². The predicted octanol–water partition coefficient (Wildman–Crippen LogP) is 3.59. The van der Waals surface area contributed by atoms with Gasteiger partial charge in [-0.1, -0.05) is 18.2 Å². The van der Waals surface area contributed by atoms with Crippen LogP contribution in [0.1, 0.15) is 61.7 Å². The number of hydrogen-bond donors (Lipinski definition) is 1. The quantitative estimate of drug-likeness (QED) is 0.923. The van der Waals surface area contributed by atoms with Gasteiger partial charge >= 0.3 is 0 Å². The third-order valence-electron chi connectivity index (χ3n) is 5.15. The van der Waals surface area contributed by atoms with Gasteiger partial charge in [-0.2, -0.15) is 0 Å². The van der Waals surface area contributed by atoms with Crippen LogP contribution in [0.25, 0.3) is 11.5 Å². The van der Waals surface area contributed by atoms with Crippen molar-refractivity contribution in [2.45, 2.75) is 57.1 Å². The second-order valence-electron chi connectivity index (χ2n) is 7.68. The van der Waals surface area contributed by atoms with E-state index in [4.69, 9.17) is 4.42 Å². The second-order valence-corrected chi connectivity index (χ2v) is 7.68. The highest BCUT2D eigenvalue weighted by Gasteiger charge is 2.42. The maximum absolute atomic E-state index is 13.2. The summed E-state index contributed by atoms with van der Waals surface area (Å²) in [6.07, 6.45) is 3.80. The van der Waals surface area contributed by atoms with Crippen LogP contribution in [0.4, 0.5) is 0 Å². The van der Waals surface area contributed by atoms with E-state index in [1.807, 2.05) is 30.3 Å². The Labute approximate surface area is 147 Å². The standard InChI is InChI=1S/C20H24N2O3/c1-20(2,24)15-9-6-12-22(15)19(23)16-17(13-10-11-13)25-18(21-16)14-7-4-3-5-8-14/h3-5,7-8,13,15,24H,6,9-12H2,1-2H3. The lowest BCUT2D eigenvalue weighted by Gasteiger charge is -2.33. The molecular formula is C20H24N2O3. The van der Waals surface area contributed by atoms with E-state index in [1.54, 1.807) is 18.7 Å². The van der Waals surface area contributed by atoms with Gasteiger partial charge in [-0.05, 0) is 51.7 Å². The Kier molecular flexibility index (Phi) is 3.91. The maximum Gasteiger partial charge on any atom is 0.276 e. The monoisotopic (exact) mass is 340 g/mol. The molecule has 4 rings (SSSR count). The molecule has 0 radical (unpaired) electrons. The van der Waals surface area contributed by atoms with Crippen molar-refractivity contribution in [1.82, 2.24) is 9.88 Å². The van der Waals surface area contributed by atoms with Crippen LogP contribution in [0, 0.1) is 0 Å². The summed E-state index contributed by atoms with van der Waals surface area (Å²) in [6, 6.07) is 9.51. The van der Waals surface area contributed by atoms with Crippen molar-refractivity contribution in [2.24, 2.45) is 0 Å². The Morgan fingerprint density at radius 1 is 1.24 bits per heavy atom. The Hall–Kier alpha value is -2.14. The van der Waals surface area contributed by atoms with E-state index >= 15 is 0 Å². The van der Waals surface area contributed by atoms with Gasteiger partial charge in [-0.3, -0.25) is 4.79 Å². The van der Waals surface area contributed by atoms with Gasteiger partial charge in [0.05, 0.1) is 11.6 Å². The molecular weight excluding hydrogens is 316 g/mol. The van der Waals surface area contributed by atoms with Crippen molar-refractivity contribution in [3.8, 4) is 11.5 Å².